The zero-order chi connectivity index (χ0) is 13.8. The molecule has 2 N–H and O–H groups in total. The van der Waals surface area contributed by atoms with Gasteiger partial charge in [0.25, 0.3) is 0 Å². The number of benzene rings is 1. The second-order valence-corrected chi connectivity index (χ2v) is 4.63. The maximum Gasteiger partial charge on any atom is 0.441 e. The highest BCUT2D eigenvalue weighted by molar-refractivity contribution is 8.00. The lowest BCUT2D eigenvalue weighted by Crippen LogP contribution is -2.13. The van der Waals surface area contributed by atoms with Crippen molar-refractivity contribution in [3.8, 4) is 0 Å². The van der Waals surface area contributed by atoms with Crippen LogP contribution in [0, 0.1) is 6.92 Å². The Labute approximate surface area is 106 Å². The fourth-order valence-corrected chi connectivity index (χ4v) is 1.73. The minimum atomic E-state index is -4.31. The smallest absolute Gasteiger partial charge is 0.441 e. The summed E-state index contributed by atoms with van der Waals surface area (Å²) in [6, 6.07) is 4.90. The van der Waals surface area contributed by atoms with Gasteiger partial charge in [0.2, 0.25) is 0 Å². The summed E-state index contributed by atoms with van der Waals surface area (Å²) in [6.45, 7) is 1.37. The van der Waals surface area contributed by atoms with E-state index in [0.717, 1.165) is 0 Å². The molecule has 0 atom stereocenters. The third kappa shape index (κ3) is 4.48. The van der Waals surface area contributed by atoms with Crippen molar-refractivity contribution in [2.45, 2.75) is 12.4 Å². The van der Waals surface area contributed by atoms with Crippen LogP contribution in [-0.4, -0.2) is 23.8 Å². The summed E-state index contributed by atoms with van der Waals surface area (Å²) in [5.74, 6) is -1.03. The van der Waals surface area contributed by atoms with Crippen LogP contribution >= 0.6 is 11.8 Å². The molecule has 0 aliphatic heterocycles. The molecule has 100 valence electrons. The van der Waals surface area contributed by atoms with Crippen molar-refractivity contribution in [3.63, 3.8) is 0 Å². The van der Waals surface area contributed by atoms with E-state index in [1.807, 2.05) is 0 Å². The van der Waals surface area contributed by atoms with E-state index in [0.29, 0.717) is 5.56 Å². The predicted molar refractivity (Wildman–Crippen MR) is 64.4 cm³/mol. The van der Waals surface area contributed by atoms with Crippen LogP contribution in [0.5, 0.6) is 0 Å². The number of halogens is 3. The molecule has 0 aromatic heterocycles. The van der Waals surface area contributed by atoms with Gasteiger partial charge in [-0.25, -0.2) is 4.79 Å². The van der Waals surface area contributed by atoms with Gasteiger partial charge in [0.15, 0.2) is 0 Å². The number of nitrogen functional groups attached to an aromatic ring is 1. The van der Waals surface area contributed by atoms with Crippen LogP contribution in [0.3, 0.4) is 0 Å². The van der Waals surface area contributed by atoms with E-state index in [9.17, 15) is 18.0 Å². The van der Waals surface area contributed by atoms with Crippen molar-refractivity contribution in [3.05, 3.63) is 29.3 Å². The molecule has 0 aliphatic rings. The van der Waals surface area contributed by atoms with E-state index < -0.39 is 11.5 Å². The van der Waals surface area contributed by atoms with Crippen molar-refractivity contribution in [2.24, 2.45) is 0 Å². The number of carbonyl (C=O) groups is 1. The minimum Gasteiger partial charge on any atom is -0.461 e. The largest absolute Gasteiger partial charge is 0.461 e. The van der Waals surface area contributed by atoms with Crippen LogP contribution in [-0.2, 0) is 4.74 Å². The van der Waals surface area contributed by atoms with Crippen molar-refractivity contribution in [1.82, 2.24) is 0 Å². The molecule has 7 heteroatoms. The molecule has 18 heavy (non-hydrogen) atoms. The molecule has 0 spiro atoms. The van der Waals surface area contributed by atoms with Crippen molar-refractivity contribution in [1.29, 1.82) is 0 Å². The van der Waals surface area contributed by atoms with Gasteiger partial charge in [0.05, 0.1) is 5.56 Å². The molecule has 3 nitrogen and oxygen atoms in total. The number of aryl methyl sites for hydroxylation is 1. The average Bonchev–Trinajstić information content (AvgIpc) is 2.23. The van der Waals surface area contributed by atoms with Gasteiger partial charge in [0.1, 0.15) is 6.61 Å². The first kappa shape index (κ1) is 14.7. The maximum absolute atomic E-state index is 11.8. The summed E-state index contributed by atoms with van der Waals surface area (Å²) in [5.41, 5.74) is 2.38. The topological polar surface area (TPSA) is 52.3 Å². The van der Waals surface area contributed by atoms with E-state index in [4.69, 9.17) is 10.5 Å². The predicted octanol–water partition coefficient (Wildman–Crippen LogP) is 2.99. The second kappa shape index (κ2) is 5.99. The van der Waals surface area contributed by atoms with Crippen LogP contribution in [0.1, 0.15) is 15.9 Å². The number of rotatable bonds is 4. The maximum atomic E-state index is 11.8. The molecule has 0 saturated carbocycles. The molecule has 0 radical (unpaired) electrons. The van der Waals surface area contributed by atoms with E-state index in [1.165, 1.54) is 6.07 Å². The Balaban J connectivity index is 2.51. The number of thioether (sulfide) groups is 1. The molecule has 0 heterocycles. The lowest BCUT2D eigenvalue weighted by molar-refractivity contribution is -0.0331. The highest BCUT2D eigenvalue weighted by atomic mass is 32.2. The third-order valence-corrected chi connectivity index (χ3v) is 2.79. The molecular weight excluding hydrogens is 267 g/mol. The van der Waals surface area contributed by atoms with Crippen LogP contribution < -0.4 is 5.73 Å². The molecule has 1 rings (SSSR count). The van der Waals surface area contributed by atoms with Crippen LogP contribution in [0.4, 0.5) is 18.9 Å². The first-order valence-electron chi connectivity index (χ1n) is 5.04. The summed E-state index contributed by atoms with van der Waals surface area (Å²) in [6.07, 6.45) is 0. The molecule has 0 unspecified atom stereocenters. The molecule has 1 aromatic carbocycles. The van der Waals surface area contributed by atoms with Crippen LogP contribution in [0.2, 0.25) is 0 Å². The van der Waals surface area contributed by atoms with E-state index in [-0.39, 0.29) is 35.4 Å². The van der Waals surface area contributed by atoms with E-state index in [1.54, 1.807) is 19.1 Å². The van der Waals surface area contributed by atoms with Crippen molar-refractivity contribution in [2.75, 3.05) is 18.1 Å². The molecular formula is C11H12F3NO2S. The standard InChI is InChI=1S/C11H12F3NO2S/c1-7-3-2-4-8(15)9(7)10(16)17-5-6-18-11(12,13)14/h2-4H,5-6,15H2,1H3. The number of carbonyl (C=O) groups excluding carboxylic acids is 1. The number of hydrogen-bond donors (Lipinski definition) is 1. The Morgan fingerprint density at radius 1 is 1.44 bits per heavy atom. The third-order valence-electron chi connectivity index (χ3n) is 2.09. The van der Waals surface area contributed by atoms with Crippen LogP contribution in [0.25, 0.3) is 0 Å². The van der Waals surface area contributed by atoms with Gasteiger partial charge >= 0.3 is 11.5 Å². The number of hydrogen-bond acceptors (Lipinski definition) is 4. The molecule has 0 bridgehead atoms. The van der Waals surface area contributed by atoms with Gasteiger partial charge < -0.3 is 10.5 Å². The Hall–Kier alpha value is -1.37. The number of nitrogens with two attached hydrogens (primary N) is 1. The van der Waals surface area contributed by atoms with Crippen molar-refractivity contribution >= 4 is 23.4 Å². The van der Waals surface area contributed by atoms with Gasteiger partial charge in [0, 0.05) is 11.4 Å². The number of ether oxygens (including phenoxy) is 1. The normalized spacial score (nSPS) is 11.3. The number of anilines is 1. The zero-order valence-electron chi connectivity index (χ0n) is 9.58. The fraction of sp³-hybridized carbons (Fsp3) is 0.364. The zero-order valence-corrected chi connectivity index (χ0v) is 10.4. The van der Waals surface area contributed by atoms with Crippen LogP contribution in [0.15, 0.2) is 18.2 Å². The summed E-state index contributed by atoms with van der Waals surface area (Å²) < 4.78 is 40.2. The highest BCUT2D eigenvalue weighted by Crippen LogP contribution is 2.29. The summed E-state index contributed by atoms with van der Waals surface area (Å²) >= 11 is -0.229. The highest BCUT2D eigenvalue weighted by Gasteiger charge is 2.27. The molecule has 0 fully saturated rings. The molecule has 0 saturated heterocycles. The average molecular weight is 279 g/mol. The lowest BCUT2D eigenvalue weighted by Gasteiger charge is -2.10. The molecule has 1 aromatic rings. The number of esters is 1. The fourth-order valence-electron chi connectivity index (χ4n) is 1.33. The van der Waals surface area contributed by atoms with Crippen molar-refractivity contribution < 1.29 is 22.7 Å². The minimum absolute atomic E-state index is 0.203. The number of alkyl halides is 3. The van der Waals surface area contributed by atoms with Gasteiger partial charge in [-0.05, 0) is 30.3 Å². The van der Waals surface area contributed by atoms with Gasteiger partial charge in [-0.3, -0.25) is 0 Å². The quantitative estimate of drug-likeness (QED) is 0.523. The van der Waals surface area contributed by atoms with Gasteiger partial charge in [-0.2, -0.15) is 13.2 Å². The second-order valence-electron chi connectivity index (χ2n) is 3.47. The SMILES string of the molecule is Cc1cccc(N)c1C(=O)OCCSC(F)(F)F. The Kier molecular flexibility index (Phi) is 4.89. The van der Waals surface area contributed by atoms with E-state index in [2.05, 4.69) is 0 Å². The van der Waals surface area contributed by atoms with Gasteiger partial charge in [-0.1, -0.05) is 12.1 Å². The summed E-state index contributed by atoms with van der Waals surface area (Å²) in [5, 5.41) is 0. The first-order valence-corrected chi connectivity index (χ1v) is 6.02. The Bertz CT molecular complexity index is 415. The summed E-state index contributed by atoms with van der Waals surface area (Å²) in [7, 11) is 0. The monoisotopic (exact) mass is 279 g/mol. The molecule has 0 aliphatic carbocycles. The molecule has 0 amide bonds. The Morgan fingerprint density at radius 2 is 2.11 bits per heavy atom. The van der Waals surface area contributed by atoms with Gasteiger partial charge in [-0.15, -0.1) is 0 Å². The first-order chi connectivity index (χ1) is 8.31. The summed E-state index contributed by atoms with van der Waals surface area (Å²) in [4.78, 5) is 11.6. The Morgan fingerprint density at radius 3 is 2.67 bits per heavy atom. The lowest BCUT2D eigenvalue weighted by atomic mass is 10.1. The van der Waals surface area contributed by atoms with E-state index >= 15 is 0 Å².